The van der Waals surface area contributed by atoms with Gasteiger partial charge in [-0.25, -0.2) is 0 Å². The molecule has 1 aliphatic rings. The van der Waals surface area contributed by atoms with Crippen LogP contribution < -0.4 is 0 Å². The summed E-state index contributed by atoms with van der Waals surface area (Å²) in [7, 11) is 0. The number of esters is 3. The molecule has 1 N–H and O–H groups in total. The molecule has 0 saturated carbocycles. The van der Waals surface area contributed by atoms with E-state index in [4.69, 9.17) is 18.9 Å². The van der Waals surface area contributed by atoms with Gasteiger partial charge < -0.3 is 24.1 Å². The Morgan fingerprint density at radius 1 is 0.559 bits per heavy atom. The van der Waals surface area contributed by atoms with Gasteiger partial charge in [0.05, 0.1) is 45.1 Å². The molecule has 1 heterocycles. The van der Waals surface area contributed by atoms with Gasteiger partial charge in [-0.15, -0.1) is 6.58 Å². The minimum absolute atomic E-state index is 0.00931. The van der Waals surface area contributed by atoms with Crippen LogP contribution in [0.5, 0.6) is 0 Å². The smallest absolute Gasteiger partial charge is 0.323 e. The van der Waals surface area contributed by atoms with Gasteiger partial charge in [0, 0.05) is 32.6 Å². The molecule has 3 unspecified atom stereocenters. The normalized spacial score (nSPS) is 14.5. The quantitative estimate of drug-likeness (QED) is 0.0273. The van der Waals surface area contributed by atoms with Crippen molar-refractivity contribution in [3.05, 3.63) is 12.7 Å². The Labute approximate surface area is 419 Å². The van der Waals surface area contributed by atoms with Crippen LogP contribution in [0.25, 0.3) is 0 Å². The lowest BCUT2D eigenvalue weighted by Gasteiger charge is -2.32. The Morgan fingerprint density at radius 2 is 1.01 bits per heavy atom. The fraction of sp³-hybridized carbons (Fsp3) is 0.914. The summed E-state index contributed by atoms with van der Waals surface area (Å²) in [5.74, 6) is -0.604. The maximum atomic E-state index is 14.0. The fourth-order valence-electron chi connectivity index (χ4n) is 9.48. The zero-order valence-corrected chi connectivity index (χ0v) is 44.9. The predicted molar refractivity (Wildman–Crippen MR) is 283 cm³/mol. The summed E-state index contributed by atoms with van der Waals surface area (Å²) in [6, 6.07) is -0.639. The third-order valence-electron chi connectivity index (χ3n) is 13.9. The first-order valence-corrected chi connectivity index (χ1v) is 29.2. The van der Waals surface area contributed by atoms with E-state index in [2.05, 4.69) is 37.1 Å². The van der Waals surface area contributed by atoms with Gasteiger partial charge in [0.2, 0.25) is 0 Å². The van der Waals surface area contributed by atoms with Gasteiger partial charge in [-0.2, -0.15) is 0 Å². The number of ether oxygens (including phenoxy) is 4. The van der Waals surface area contributed by atoms with Crippen LogP contribution in [-0.4, -0.2) is 111 Å². The van der Waals surface area contributed by atoms with Crippen molar-refractivity contribution >= 4 is 17.9 Å². The second kappa shape index (κ2) is 48.6. The van der Waals surface area contributed by atoms with E-state index in [1.807, 2.05) is 6.08 Å². The molecule has 1 rings (SSSR count). The second-order valence-electron chi connectivity index (χ2n) is 20.3. The lowest BCUT2D eigenvalue weighted by Crippen LogP contribution is -2.46. The largest absolute Gasteiger partial charge is 0.466 e. The van der Waals surface area contributed by atoms with Crippen molar-refractivity contribution in [1.82, 2.24) is 9.80 Å². The molecular formula is C58H110N2O8. The van der Waals surface area contributed by atoms with Gasteiger partial charge >= 0.3 is 17.9 Å². The molecule has 10 heteroatoms. The lowest BCUT2D eigenvalue weighted by atomic mass is 9.94. The highest BCUT2D eigenvalue weighted by Gasteiger charge is 2.30. The molecule has 0 radical (unpaired) electrons. The van der Waals surface area contributed by atoms with Crippen molar-refractivity contribution in [3.63, 3.8) is 0 Å². The highest BCUT2D eigenvalue weighted by molar-refractivity contribution is 5.77. The zero-order chi connectivity index (χ0) is 49.4. The molecule has 10 nitrogen and oxygen atoms in total. The van der Waals surface area contributed by atoms with E-state index < -0.39 is 12.1 Å². The van der Waals surface area contributed by atoms with Crippen LogP contribution in [0.2, 0.25) is 0 Å². The number of aliphatic hydroxyl groups is 1. The van der Waals surface area contributed by atoms with Crippen LogP contribution in [0.4, 0.5) is 0 Å². The molecule has 0 aromatic rings. The number of hydrogen-bond acceptors (Lipinski definition) is 10. The van der Waals surface area contributed by atoms with Gasteiger partial charge in [0.15, 0.2) is 0 Å². The summed E-state index contributed by atoms with van der Waals surface area (Å²) in [6.07, 6.45) is 40.6. The van der Waals surface area contributed by atoms with E-state index in [9.17, 15) is 19.5 Å². The summed E-state index contributed by atoms with van der Waals surface area (Å²) < 4.78 is 23.0. The molecule has 1 saturated heterocycles. The van der Waals surface area contributed by atoms with E-state index in [0.29, 0.717) is 45.8 Å². The number of aliphatic hydroxyl groups excluding tert-OH is 1. The number of rotatable bonds is 51. The third-order valence-corrected chi connectivity index (χ3v) is 13.9. The average Bonchev–Trinajstić information content (AvgIpc) is 3.34. The Morgan fingerprint density at radius 3 is 1.57 bits per heavy atom. The van der Waals surface area contributed by atoms with Crippen LogP contribution >= 0.6 is 0 Å². The van der Waals surface area contributed by atoms with E-state index in [1.54, 1.807) is 0 Å². The van der Waals surface area contributed by atoms with Crippen LogP contribution in [0.3, 0.4) is 0 Å². The molecule has 1 aliphatic heterocycles. The molecule has 0 aromatic heterocycles. The summed E-state index contributed by atoms with van der Waals surface area (Å²) >= 11 is 0. The molecule has 0 aliphatic carbocycles. The molecule has 1 fully saturated rings. The maximum Gasteiger partial charge on any atom is 0.323 e. The standard InChI is InChI=1S/C58H110N2O8/c1-5-9-13-17-20-22-24-27-33-40-54(61)52-60(44-34-28-30-36-47-67-57(63)53(38-31-16-12-8-4)39-32-26-19-15-11-7-3)55(58(64)68-48-35-29-25-23-21-18-14-10-6-2)41-42-56(62)66-49-37-43-59-45-50-65-51-46-59/h6,53-55,61H,2,5,7-52H2,1,3-4H3. The number of allylic oxidation sites excluding steroid dienone is 1. The van der Waals surface area contributed by atoms with Crippen LogP contribution in [-0.2, 0) is 33.3 Å². The highest BCUT2D eigenvalue weighted by Crippen LogP contribution is 2.22. The predicted octanol–water partition coefficient (Wildman–Crippen LogP) is 14.3. The van der Waals surface area contributed by atoms with Gasteiger partial charge in [0.25, 0.3) is 0 Å². The van der Waals surface area contributed by atoms with Crippen LogP contribution in [0.15, 0.2) is 12.7 Å². The summed E-state index contributed by atoms with van der Waals surface area (Å²) in [6.45, 7) is 16.9. The number of morpholine rings is 1. The van der Waals surface area contributed by atoms with Crippen molar-refractivity contribution in [2.75, 3.05) is 65.8 Å². The Hall–Kier alpha value is -2.01. The average molecular weight is 964 g/mol. The van der Waals surface area contributed by atoms with E-state index >= 15 is 0 Å². The summed E-state index contributed by atoms with van der Waals surface area (Å²) in [5.41, 5.74) is 0. The first-order chi connectivity index (χ1) is 33.4. The second-order valence-corrected chi connectivity index (χ2v) is 20.3. The van der Waals surface area contributed by atoms with Gasteiger partial charge in [0.1, 0.15) is 6.04 Å². The molecule has 0 aromatic carbocycles. The first kappa shape index (κ1) is 64.0. The molecule has 68 heavy (non-hydrogen) atoms. The minimum atomic E-state index is -0.639. The Kier molecular flexibility index (Phi) is 45.8. The van der Waals surface area contributed by atoms with Gasteiger partial charge in [-0.3, -0.25) is 24.2 Å². The third kappa shape index (κ3) is 38.7. The highest BCUT2D eigenvalue weighted by atomic mass is 16.5. The van der Waals surface area contributed by atoms with E-state index in [0.717, 1.165) is 129 Å². The molecule has 0 spiro atoms. The minimum Gasteiger partial charge on any atom is -0.466 e. The zero-order valence-electron chi connectivity index (χ0n) is 44.9. The molecule has 3 atom stereocenters. The maximum absolute atomic E-state index is 14.0. The molecule has 0 bridgehead atoms. The first-order valence-electron chi connectivity index (χ1n) is 29.2. The van der Waals surface area contributed by atoms with Gasteiger partial charge in [-0.05, 0) is 70.8 Å². The van der Waals surface area contributed by atoms with Crippen molar-refractivity contribution in [2.24, 2.45) is 5.92 Å². The van der Waals surface area contributed by atoms with Crippen molar-refractivity contribution in [1.29, 1.82) is 0 Å². The van der Waals surface area contributed by atoms with E-state index in [1.165, 1.54) is 122 Å². The van der Waals surface area contributed by atoms with Crippen LogP contribution in [0, 0.1) is 5.92 Å². The Balaban J connectivity index is 2.88. The van der Waals surface area contributed by atoms with Crippen molar-refractivity contribution in [2.45, 2.75) is 270 Å². The topological polar surface area (TPSA) is 115 Å². The molecule has 400 valence electrons. The van der Waals surface area contributed by atoms with Crippen molar-refractivity contribution < 1.29 is 38.4 Å². The van der Waals surface area contributed by atoms with Crippen molar-refractivity contribution in [3.8, 4) is 0 Å². The van der Waals surface area contributed by atoms with Gasteiger partial charge in [-0.1, -0.05) is 194 Å². The fourth-order valence-corrected chi connectivity index (χ4v) is 9.48. The monoisotopic (exact) mass is 963 g/mol. The SMILES string of the molecule is C=CCCCCCCCCCOC(=O)C(CCC(=O)OCCCN1CCOCC1)N(CCCCCCOC(=O)C(CCCCCC)CCCCCCCC)CC(O)CCCCCCCCCCC. The summed E-state index contributed by atoms with van der Waals surface area (Å²) in [5, 5.41) is 11.4. The number of nitrogens with zero attached hydrogens (tertiary/aromatic N) is 2. The number of carbonyl (C=O) groups excluding carboxylic acids is 3. The lowest BCUT2D eigenvalue weighted by molar-refractivity contribution is -0.152. The number of carbonyl (C=O) groups is 3. The summed E-state index contributed by atoms with van der Waals surface area (Å²) in [4.78, 5) is 44.8. The van der Waals surface area contributed by atoms with E-state index in [-0.39, 0.29) is 30.2 Å². The van der Waals surface area contributed by atoms with Crippen LogP contribution in [0.1, 0.15) is 258 Å². The number of hydrogen-bond donors (Lipinski definition) is 1. The molecule has 0 amide bonds. The Bertz CT molecular complexity index is 1150. The molecular weight excluding hydrogens is 853 g/mol. The number of unbranched alkanes of at least 4 members (excludes halogenated alkanes) is 26.